The molecule has 0 bridgehead atoms. The molecule has 0 unspecified atom stereocenters. The SMILES string of the molecule is Cc1ccc(OC(N)(N)N)c(O)c1. The summed E-state index contributed by atoms with van der Waals surface area (Å²) in [7, 11) is 0. The number of benzene rings is 1. The number of aryl methyl sites for hydroxylation is 1. The smallest absolute Gasteiger partial charge is 0.271 e. The second-order valence-corrected chi connectivity index (χ2v) is 2.93. The fourth-order valence-electron chi connectivity index (χ4n) is 0.904. The molecule has 0 aliphatic rings. The minimum absolute atomic E-state index is 0.0364. The van der Waals surface area contributed by atoms with E-state index >= 15 is 0 Å². The molecular formula is C8H13N3O2. The van der Waals surface area contributed by atoms with Crippen LogP contribution in [0.25, 0.3) is 0 Å². The fourth-order valence-corrected chi connectivity index (χ4v) is 0.904. The summed E-state index contributed by atoms with van der Waals surface area (Å²) in [5.74, 6) is -1.64. The first-order chi connectivity index (χ1) is 5.88. The highest BCUT2D eigenvalue weighted by Crippen LogP contribution is 2.26. The van der Waals surface area contributed by atoms with E-state index in [0.717, 1.165) is 5.56 Å². The van der Waals surface area contributed by atoms with E-state index in [2.05, 4.69) is 0 Å². The maximum Gasteiger partial charge on any atom is 0.271 e. The van der Waals surface area contributed by atoms with E-state index in [-0.39, 0.29) is 11.5 Å². The fraction of sp³-hybridized carbons (Fsp3) is 0.250. The summed E-state index contributed by atoms with van der Waals surface area (Å²) in [6, 6.07) is 4.83. The molecule has 0 spiro atoms. The van der Waals surface area contributed by atoms with Crippen LogP contribution in [0.2, 0.25) is 0 Å². The van der Waals surface area contributed by atoms with Crippen molar-refractivity contribution in [2.75, 3.05) is 0 Å². The molecule has 0 heterocycles. The average molecular weight is 183 g/mol. The maximum atomic E-state index is 9.36. The largest absolute Gasteiger partial charge is 0.504 e. The van der Waals surface area contributed by atoms with Crippen LogP contribution in [0, 0.1) is 6.92 Å². The summed E-state index contributed by atoms with van der Waals surface area (Å²) < 4.78 is 4.87. The van der Waals surface area contributed by atoms with Crippen LogP contribution in [0.5, 0.6) is 11.5 Å². The van der Waals surface area contributed by atoms with Crippen LogP contribution in [-0.2, 0) is 0 Å². The number of aromatic hydroxyl groups is 1. The van der Waals surface area contributed by atoms with Crippen molar-refractivity contribution in [3.05, 3.63) is 23.8 Å². The van der Waals surface area contributed by atoms with E-state index in [4.69, 9.17) is 21.9 Å². The van der Waals surface area contributed by atoms with Crippen molar-refractivity contribution in [3.8, 4) is 11.5 Å². The zero-order chi connectivity index (χ0) is 10.1. The molecule has 0 atom stereocenters. The quantitative estimate of drug-likeness (QED) is 0.465. The second-order valence-electron chi connectivity index (χ2n) is 2.93. The zero-order valence-corrected chi connectivity index (χ0v) is 7.32. The Hall–Kier alpha value is -1.30. The molecule has 1 aromatic rings. The number of phenols is 1. The van der Waals surface area contributed by atoms with Crippen LogP contribution in [0.15, 0.2) is 18.2 Å². The molecule has 0 amide bonds. The Morgan fingerprint density at radius 1 is 1.31 bits per heavy atom. The van der Waals surface area contributed by atoms with Gasteiger partial charge in [0.15, 0.2) is 11.5 Å². The molecule has 1 aromatic carbocycles. The predicted molar refractivity (Wildman–Crippen MR) is 48.8 cm³/mol. The van der Waals surface area contributed by atoms with Gasteiger partial charge in [-0.3, -0.25) is 17.2 Å². The highest BCUT2D eigenvalue weighted by Gasteiger charge is 2.15. The summed E-state index contributed by atoms with van der Waals surface area (Å²) in [4.78, 5) is 0. The van der Waals surface area contributed by atoms with E-state index in [1.807, 2.05) is 6.92 Å². The summed E-state index contributed by atoms with van der Waals surface area (Å²) in [5.41, 5.74) is 16.5. The van der Waals surface area contributed by atoms with Crippen LogP contribution < -0.4 is 21.9 Å². The van der Waals surface area contributed by atoms with Crippen LogP contribution >= 0.6 is 0 Å². The second kappa shape index (κ2) is 3.21. The van der Waals surface area contributed by atoms with Gasteiger partial charge in [0.05, 0.1) is 0 Å². The Morgan fingerprint density at radius 3 is 2.38 bits per heavy atom. The van der Waals surface area contributed by atoms with Gasteiger partial charge in [-0.2, -0.15) is 0 Å². The molecular weight excluding hydrogens is 170 g/mol. The third-order valence-corrected chi connectivity index (χ3v) is 1.40. The third kappa shape index (κ3) is 2.90. The van der Waals surface area contributed by atoms with Crippen LogP contribution in [0.1, 0.15) is 5.56 Å². The normalized spacial score (nSPS) is 11.4. The van der Waals surface area contributed by atoms with Crippen LogP contribution in [0.4, 0.5) is 0 Å². The number of hydrogen-bond acceptors (Lipinski definition) is 5. The van der Waals surface area contributed by atoms with Crippen LogP contribution in [0.3, 0.4) is 0 Å². The first-order valence-corrected chi connectivity index (χ1v) is 3.74. The first-order valence-electron chi connectivity index (χ1n) is 3.74. The van der Waals surface area contributed by atoms with Gasteiger partial charge >= 0.3 is 0 Å². The molecule has 0 radical (unpaired) electrons. The maximum absolute atomic E-state index is 9.36. The van der Waals surface area contributed by atoms with E-state index < -0.39 is 5.97 Å². The summed E-state index contributed by atoms with van der Waals surface area (Å²) in [6.45, 7) is 1.84. The van der Waals surface area contributed by atoms with Gasteiger partial charge in [0.1, 0.15) is 0 Å². The molecule has 1 rings (SSSR count). The molecule has 0 aliphatic heterocycles. The molecule has 0 aromatic heterocycles. The van der Waals surface area contributed by atoms with Crippen molar-refractivity contribution in [1.29, 1.82) is 0 Å². The van der Waals surface area contributed by atoms with Gasteiger partial charge in [0.2, 0.25) is 0 Å². The Labute approximate surface area is 76.1 Å². The lowest BCUT2D eigenvalue weighted by Gasteiger charge is -2.20. The minimum Gasteiger partial charge on any atom is -0.504 e. The standard InChI is InChI=1S/C8H13N3O2/c1-5-2-3-7(6(12)4-5)13-8(9,10)11/h2-4,12H,9-11H2,1H3. The minimum atomic E-state index is -1.77. The molecule has 0 fully saturated rings. The summed E-state index contributed by atoms with van der Waals surface area (Å²) in [6.07, 6.45) is 0. The lowest BCUT2D eigenvalue weighted by Crippen LogP contribution is -2.62. The molecule has 0 saturated heterocycles. The monoisotopic (exact) mass is 183 g/mol. The average Bonchev–Trinajstić information content (AvgIpc) is 1.93. The number of hydrogen-bond donors (Lipinski definition) is 4. The molecule has 0 aliphatic carbocycles. The molecule has 13 heavy (non-hydrogen) atoms. The van der Waals surface area contributed by atoms with Crippen molar-refractivity contribution in [1.82, 2.24) is 0 Å². The number of phenolic OH excluding ortho intramolecular Hbond substituents is 1. The van der Waals surface area contributed by atoms with Gasteiger partial charge in [0.25, 0.3) is 5.97 Å². The van der Waals surface area contributed by atoms with Crippen molar-refractivity contribution in [3.63, 3.8) is 0 Å². The lowest BCUT2D eigenvalue weighted by molar-refractivity contribution is 0.0863. The number of rotatable bonds is 2. The third-order valence-electron chi connectivity index (χ3n) is 1.40. The van der Waals surface area contributed by atoms with Crippen molar-refractivity contribution >= 4 is 0 Å². The Kier molecular flexibility index (Phi) is 2.42. The van der Waals surface area contributed by atoms with Crippen LogP contribution in [-0.4, -0.2) is 11.1 Å². The van der Waals surface area contributed by atoms with E-state index in [9.17, 15) is 5.11 Å². The highest BCUT2D eigenvalue weighted by atomic mass is 16.5. The molecule has 5 nitrogen and oxygen atoms in total. The molecule has 7 N–H and O–H groups in total. The van der Waals surface area contributed by atoms with E-state index in [1.165, 1.54) is 6.07 Å². The zero-order valence-electron chi connectivity index (χ0n) is 7.32. The topological polar surface area (TPSA) is 108 Å². The molecule has 5 heteroatoms. The molecule has 0 saturated carbocycles. The Balaban J connectivity index is 2.90. The van der Waals surface area contributed by atoms with Gasteiger partial charge in [-0.1, -0.05) is 6.07 Å². The van der Waals surface area contributed by atoms with Gasteiger partial charge in [-0.15, -0.1) is 0 Å². The van der Waals surface area contributed by atoms with Gasteiger partial charge in [-0.05, 0) is 24.6 Å². The van der Waals surface area contributed by atoms with Gasteiger partial charge in [-0.25, -0.2) is 0 Å². The predicted octanol–water partition coefficient (Wildman–Crippen LogP) is -0.433. The highest BCUT2D eigenvalue weighted by molar-refractivity contribution is 5.41. The molecule has 72 valence electrons. The van der Waals surface area contributed by atoms with Gasteiger partial charge in [0, 0.05) is 0 Å². The van der Waals surface area contributed by atoms with E-state index in [0.29, 0.717) is 0 Å². The Morgan fingerprint density at radius 2 is 1.92 bits per heavy atom. The lowest BCUT2D eigenvalue weighted by atomic mass is 10.2. The van der Waals surface area contributed by atoms with Crippen molar-refractivity contribution in [2.45, 2.75) is 12.9 Å². The first kappa shape index (κ1) is 9.79. The van der Waals surface area contributed by atoms with Crippen molar-refractivity contribution in [2.24, 2.45) is 17.2 Å². The Bertz CT molecular complexity index is 307. The summed E-state index contributed by atoms with van der Waals surface area (Å²) in [5, 5.41) is 9.36. The van der Waals surface area contributed by atoms with E-state index in [1.54, 1.807) is 12.1 Å². The number of ether oxygens (including phenoxy) is 1. The summed E-state index contributed by atoms with van der Waals surface area (Å²) >= 11 is 0. The van der Waals surface area contributed by atoms with Gasteiger partial charge < -0.3 is 9.84 Å². The number of nitrogens with two attached hydrogens (primary N) is 3. The van der Waals surface area contributed by atoms with Crippen molar-refractivity contribution < 1.29 is 9.84 Å².